The molecule has 0 heterocycles. The van der Waals surface area contributed by atoms with E-state index in [1.54, 1.807) is 42.5 Å². The van der Waals surface area contributed by atoms with Crippen molar-refractivity contribution in [2.75, 3.05) is 11.9 Å². The van der Waals surface area contributed by atoms with Crippen molar-refractivity contribution in [2.45, 2.75) is 20.1 Å². The van der Waals surface area contributed by atoms with Crippen LogP contribution in [0.1, 0.15) is 18.1 Å². The number of phenolic OH excluding ortho intramolecular Hbond substituents is 1. The van der Waals surface area contributed by atoms with Gasteiger partial charge in [0.25, 0.3) is 0 Å². The molecule has 0 aliphatic carbocycles. The average molecular weight is 446 g/mol. The maximum atomic E-state index is 13.8. The van der Waals surface area contributed by atoms with Gasteiger partial charge in [0.15, 0.2) is 11.5 Å². The summed E-state index contributed by atoms with van der Waals surface area (Å²) in [5.41, 5.74) is 2.36. The summed E-state index contributed by atoms with van der Waals surface area (Å²) in [5.74, 6) is 1.07. The monoisotopic (exact) mass is 445 g/mol. The first-order chi connectivity index (χ1) is 13.6. The van der Waals surface area contributed by atoms with Gasteiger partial charge in [-0.3, -0.25) is 0 Å². The van der Waals surface area contributed by atoms with Gasteiger partial charge in [0, 0.05) is 22.3 Å². The zero-order valence-corrected chi connectivity index (χ0v) is 17.0. The van der Waals surface area contributed by atoms with Crippen molar-refractivity contribution in [1.29, 1.82) is 0 Å². The smallest absolute Gasteiger partial charge is 0.162 e. The van der Waals surface area contributed by atoms with E-state index in [1.165, 1.54) is 6.07 Å². The molecule has 0 aliphatic rings. The summed E-state index contributed by atoms with van der Waals surface area (Å²) in [7, 11) is 0. The first-order valence-electron chi connectivity index (χ1n) is 8.91. The molecule has 0 atom stereocenters. The van der Waals surface area contributed by atoms with Crippen LogP contribution in [0, 0.1) is 5.82 Å². The van der Waals surface area contributed by atoms with E-state index in [9.17, 15) is 9.50 Å². The molecule has 0 fully saturated rings. The molecule has 0 saturated carbocycles. The van der Waals surface area contributed by atoms with E-state index in [4.69, 9.17) is 9.47 Å². The van der Waals surface area contributed by atoms with E-state index < -0.39 is 0 Å². The Balaban J connectivity index is 1.75. The van der Waals surface area contributed by atoms with Crippen molar-refractivity contribution in [1.82, 2.24) is 0 Å². The number of nitrogens with one attached hydrogen (secondary N) is 1. The lowest BCUT2D eigenvalue weighted by Crippen LogP contribution is -2.04. The Morgan fingerprint density at radius 2 is 1.68 bits per heavy atom. The second-order valence-electron chi connectivity index (χ2n) is 6.10. The fourth-order valence-corrected chi connectivity index (χ4v) is 3.10. The number of benzene rings is 3. The van der Waals surface area contributed by atoms with E-state index in [2.05, 4.69) is 21.2 Å². The highest BCUT2D eigenvalue weighted by Gasteiger charge is 2.12. The Morgan fingerprint density at radius 3 is 2.39 bits per heavy atom. The van der Waals surface area contributed by atoms with E-state index in [-0.39, 0.29) is 18.2 Å². The van der Waals surface area contributed by atoms with Gasteiger partial charge in [0.1, 0.15) is 18.2 Å². The lowest BCUT2D eigenvalue weighted by Gasteiger charge is -2.16. The number of ether oxygens (including phenoxy) is 2. The molecule has 0 amide bonds. The zero-order valence-electron chi connectivity index (χ0n) is 15.4. The SMILES string of the molecule is CCOc1cc(CNc2ccc(O)cc2)c(Br)cc1OCc1ccccc1F. The minimum absolute atomic E-state index is 0.115. The molecule has 6 heteroatoms. The van der Waals surface area contributed by atoms with Gasteiger partial charge in [0.2, 0.25) is 0 Å². The van der Waals surface area contributed by atoms with Crippen molar-refractivity contribution in [3.63, 3.8) is 0 Å². The summed E-state index contributed by atoms with van der Waals surface area (Å²) in [6, 6.07) is 17.1. The van der Waals surface area contributed by atoms with Crippen LogP contribution in [-0.4, -0.2) is 11.7 Å². The van der Waals surface area contributed by atoms with Crippen LogP contribution in [0.15, 0.2) is 65.1 Å². The number of rotatable bonds is 8. The molecular weight excluding hydrogens is 425 g/mol. The highest BCUT2D eigenvalue weighted by molar-refractivity contribution is 9.10. The van der Waals surface area contributed by atoms with Gasteiger partial charge in [0.05, 0.1) is 6.61 Å². The van der Waals surface area contributed by atoms with Crippen LogP contribution in [0.25, 0.3) is 0 Å². The van der Waals surface area contributed by atoms with E-state index in [1.807, 2.05) is 19.1 Å². The topological polar surface area (TPSA) is 50.7 Å². The Hall–Kier alpha value is -2.73. The van der Waals surface area contributed by atoms with Crippen molar-refractivity contribution >= 4 is 21.6 Å². The van der Waals surface area contributed by atoms with Gasteiger partial charge in [-0.1, -0.05) is 34.1 Å². The number of halogens is 2. The van der Waals surface area contributed by atoms with Gasteiger partial charge >= 0.3 is 0 Å². The predicted octanol–water partition coefficient (Wildman–Crippen LogP) is 5.88. The fraction of sp³-hybridized carbons (Fsp3) is 0.182. The standard InChI is InChI=1S/C22H21BrFNO3/c1-2-27-21-11-16(13-25-17-7-9-18(26)10-8-17)19(23)12-22(21)28-14-15-5-3-4-6-20(15)24/h3-12,25-26H,2,13-14H2,1H3. The van der Waals surface area contributed by atoms with Gasteiger partial charge in [-0.2, -0.15) is 0 Å². The van der Waals surface area contributed by atoms with Crippen LogP contribution in [0.3, 0.4) is 0 Å². The van der Waals surface area contributed by atoms with Crippen LogP contribution in [0.5, 0.6) is 17.2 Å². The summed E-state index contributed by atoms with van der Waals surface area (Å²) in [5, 5.41) is 12.7. The van der Waals surface area contributed by atoms with E-state index in [0.717, 1.165) is 15.7 Å². The highest BCUT2D eigenvalue weighted by Crippen LogP contribution is 2.35. The third-order valence-corrected chi connectivity index (χ3v) is 4.84. The predicted molar refractivity (Wildman–Crippen MR) is 111 cm³/mol. The zero-order chi connectivity index (χ0) is 19.9. The van der Waals surface area contributed by atoms with Crippen molar-refractivity contribution in [3.05, 3.63) is 82.1 Å². The van der Waals surface area contributed by atoms with Gasteiger partial charge in [-0.15, -0.1) is 0 Å². The number of hydrogen-bond acceptors (Lipinski definition) is 4. The molecule has 3 aromatic rings. The lowest BCUT2D eigenvalue weighted by molar-refractivity contribution is 0.265. The summed E-state index contributed by atoms with van der Waals surface area (Å²) in [4.78, 5) is 0. The Kier molecular flexibility index (Phi) is 6.76. The van der Waals surface area contributed by atoms with Crippen molar-refractivity contribution in [3.8, 4) is 17.2 Å². The second kappa shape index (κ2) is 9.46. The maximum Gasteiger partial charge on any atom is 0.162 e. The minimum atomic E-state index is -0.297. The highest BCUT2D eigenvalue weighted by atomic mass is 79.9. The summed E-state index contributed by atoms with van der Waals surface area (Å²) in [6.07, 6.45) is 0. The fourth-order valence-electron chi connectivity index (χ4n) is 2.64. The molecule has 0 unspecified atom stereocenters. The van der Waals surface area contributed by atoms with Crippen LogP contribution in [-0.2, 0) is 13.2 Å². The molecule has 0 aliphatic heterocycles. The Labute approximate surface area is 172 Å². The molecular formula is C22H21BrFNO3. The summed E-state index contributed by atoms with van der Waals surface area (Å²) >= 11 is 3.57. The second-order valence-corrected chi connectivity index (χ2v) is 6.96. The van der Waals surface area contributed by atoms with E-state index in [0.29, 0.717) is 30.2 Å². The molecule has 4 nitrogen and oxygen atoms in total. The van der Waals surface area contributed by atoms with Crippen LogP contribution in [0.2, 0.25) is 0 Å². The third-order valence-electron chi connectivity index (χ3n) is 4.10. The molecule has 3 rings (SSSR count). The molecule has 146 valence electrons. The third kappa shape index (κ3) is 5.16. The van der Waals surface area contributed by atoms with Crippen LogP contribution in [0.4, 0.5) is 10.1 Å². The molecule has 0 aromatic heterocycles. The van der Waals surface area contributed by atoms with Gasteiger partial charge < -0.3 is 19.9 Å². The maximum absolute atomic E-state index is 13.8. The molecule has 0 saturated heterocycles. The first kappa shape index (κ1) is 20.0. The number of anilines is 1. The summed E-state index contributed by atoms with van der Waals surface area (Å²) < 4.78 is 26.2. The minimum Gasteiger partial charge on any atom is -0.508 e. The summed E-state index contributed by atoms with van der Waals surface area (Å²) in [6.45, 7) is 3.06. The molecule has 0 bridgehead atoms. The lowest BCUT2D eigenvalue weighted by atomic mass is 10.2. The van der Waals surface area contributed by atoms with Crippen LogP contribution >= 0.6 is 15.9 Å². The first-order valence-corrected chi connectivity index (χ1v) is 9.70. The molecule has 2 N–H and O–H groups in total. The Bertz CT molecular complexity index is 932. The molecule has 28 heavy (non-hydrogen) atoms. The quantitative estimate of drug-likeness (QED) is 0.424. The van der Waals surface area contributed by atoms with Gasteiger partial charge in [-0.05, 0) is 55.0 Å². The average Bonchev–Trinajstić information content (AvgIpc) is 2.69. The normalized spacial score (nSPS) is 10.5. The largest absolute Gasteiger partial charge is 0.508 e. The molecule has 0 spiro atoms. The Morgan fingerprint density at radius 1 is 0.964 bits per heavy atom. The van der Waals surface area contributed by atoms with Crippen LogP contribution < -0.4 is 14.8 Å². The molecule has 0 radical (unpaired) electrons. The van der Waals surface area contributed by atoms with Crippen molar-refractivity contribution in [2.24, 2.45) is 0 Å². The number of phenols is 1. The number of hydrogen-bond donors (Lipinski definition) is 2. The number of aromatic hydroxyl groups is 1. The van der Waals surface area contributed by atoms with E-state index >= 15 is 0 Å². The van der Waals surface area contributed by atoms with Gasteiger partial charge in [-0.25, -0.2) is 4.39 Å². The molecule has 3 aromatic carbocycles. The van der Waals surface area contributed by atoms with Crippen molar-refractivity contribution < 1.29 is 19.0 Å².